The van der Waals surface area contributed by atoms with Crippen molar-refractivity contribution >= 4 is 17.9 Å². The van der Waals surface area contributed by atoms with Crippen molar-refractivity contribution in [2.24, 2.45) is 0 Å². The van der Waals surface area contributed by atoms with Gasteiger partial charge in [-0.2, -0.15) is 0 Å². The molecule has 0 amide bonds. The van der Waals surface area contributed by atoms with Crippen LogP contribution in [0.1, 0.15) is 32.0 Å². The smallest absolute Gasteiger partial charge is 0.174 e. The molecule has 0 aliphatic heterocycles. The number of imidazole rings is 1. The number of aromatic amines is 2. The zero-order valence-corrected chi connectivity index (χ0v) is 13.6. The summed E-state index contributed by atoms with van der Waals surface area (Å²) in [5, 5.41) is 13.3. The van der Waals surface area contributed by atoms with Crippen molar-refractivity contribution in [3.8, 4) is 0 Å². The molecule has 1 aromatic heterocycles. The Labute approximate surface area is 130 Å². The third-order valence-electron chi connectivity index (χ3n) is 3.40. The molecule has 2 rings (SSSR count). The van der Waals surface area contributed by atoms with Gasteiger partial charge in [-0.05, 0) is 35.3 Å². The van der Waals surface area contributed by atoms with E-state index >= 15 is 0 Å². The van der Waals surface area contributed by atoms with Crippen LogP contribution < -0.4 is 5.32 Å². The van der Waals surface area contributed by atoms with Crippen LogP contribution in [-0.4, -0.2) is 27.7 Å². The first-order valence-corrected chi connectivity index (χ1v) is 7.54. The number of aliphatic hydroxyl groups is 1. The van der Waals surface area contributed by atoms with E-state index in [1.165, 1.54) is 5.56 Å². The van der Waals surface area contributed by atoms with E-state index in [0.717, 1.165) is 11.4 Å². The van der Waals surface area contributed by atoms with Gasteiger partial charge in [0.1, 0.15) is 0 Å². The topological polar surface area (TPSA) is 63.8 Å². The van der Waals surface area contributed by atoms with E-state index in [4.69, 9.17) is 12.2 Å². The summed E-state index contributed by atoms with van der Waals surface area (Å²) in [7, 11) is 0. The molecule has 1 atom stereocenters. The second-order valence-corrected chi connectivity index (χ2v) is 6.74. The molecule has 1 unspecified atom stereocenters. The van der Waals surface area contributed by atoms with Crippen molar-refractivity contribution in [3.05, 3.63) is 46.5 Å². The van der Waals surface area contributed by atoms with E-state index in [-0.39, 0.29) is 5.41 Å². The lowest BCUT2D eigenvalue weighted by molar-refractivity contribution is 0.187. The number of anilines is 1. The molecule has 1 heterocycles. The molecule has 1 aromatic carbocycles. The van der Waals surface area contributed by atoms with Crippen LogP contribution in [0.25, 0.3) is 0 Å². The number of nitrogens with one attached hydrogen (secondary N) is 3. The number of rotatable bonds is 5. The van der Waals surface area contributed by atoms with Gasteiger partial charge in [-0.25, -0.2) is 0 Å². The average Bonchev–Trinajstić information content (AvgIpc) is 2.81. The molecule has 0 radical (unpaired) electrons. The molecule has 5 heteroatoms. The summed E-state index contributed by atoms with van der Waals surface area (Å²) < 4.78 is 0.586. The average molecular weight is 305 g/mol. The Hall–Kier alpha value is -1.59. The molecular formula is C16H23N3OS. The van der Waals surface area contributed by atoms with Crippen LogP contribution in [0.3, 0.4) is 0 Å². The van der Waals surface area contributed by atoms with E-state index in [2.05, 4.69) is 60.3 Å². The molecule has 114 valence electrons. The minimum atomic E-state index is -0.464. The Morgan fingerprint density at radius 1 is 1.24 bits per heavy atom. The first-order valence-electron chi connectivity index (χ1n) is 7.13. The van der Waals surface area contributed by atoms with E-state index in [9.17, 15) is 5.11 Å². The molecular weight excluding hydrogens is 282 g/mol. The molecule has 0 spiro atoms. The summed E-state index contributed by atoms with van der Waals surface area (Å²) in [5.41, 5.74) is 3.39. The van der Waals surface area contributed by atoms with E-state index < -0.39 is 6.10 Å². The molecule has 2 aromatic rings. The lowest BCUT2D eigenvalue weighted by Crippen LogP contribution is -2.22. The van der Waals surface area contributed by atoms with E-state index in [1.807, 2.05) is 0 Å². The SMILES string of the molecule is CC(C)(C)c1ccc(NCC(O)Cc2c[nH]c(=S)[nH]2)cc1. The van der Waals surface area contributed by atoms with Gasteiger partial charge in [0, 0.05) is 30.5 Å². The van der Waals surface area contributed by atoms with Gasteiger partial charge in [0.15, 0.2) is 4.77 Å². The molecule has 0 aliphatic rings. The highest BCUT2D eigenvalue weighted by Gasteiger charge is 2.13. The van der Waals surface area contributed by atoms with Crippen LogP contribution in [0.15, 0.2) is 30.5 Å². The monoisotopic (exact) mass is 305 g/mol. The fourth-order valence-electron chi connectivity index (χ4n) is 2.13. The fourth-order valence-corrected chi connectivity index (χ4v) is 2.32. The number of aliphatic hydroxyl groups excluding tert-OH is 1. The first kappa shape index (κ1) is 15.8. The van der Waals surface area contributed by atoms with Gasteiger partial charge in [0.25, 0.3) is 0 Å². The lowest BCUT2D eigenvalue weighted by atomic mass is 9.87. The second-order valence-electron chi connectivity index (χ2n) is 6.33. The van der Waals surface area contributed by atoms with Crippen molar-refractivity contribution in [3.63, 3.8) is 0 Å². The van der Waals surface area contributed by atoms with Gasteiger partial charge in [0.05, 0.1) is 6.10 Å². The number of benzene rings is 1. The van der Waals surface area contributed by atoms with Gasteiger partial charge in [0.2, 0.25) is 0 Å². The highest BCUT2D eigenvalue weighted by molar-refractivity contribution is 7.71. The maximum absolute atomic E-state index is 10.0. The number of aromatic nitrogens is 2. The first-order chi connectivity index (χ1) is 9.84. The van der Waals surface area contributed by atoms with Gasteiger partial charge < -0.3 is 20.4 Å². The summed E-state index contributed by atoms with van der Waals surface area (Å²) >= 11 is 4.96. The summed E-state index contributed by atoms with van der Waals surface area (Å²) in [6.07, 6.45) is 1.87. The second kappa shape index (κ2) is 6.45. The van der Waals surface area contributed by atoms with Crippen LogP contribution >= 0.6 is 12.2 Å². The summed E-state index contributed by atoms with van der Waals surface area (Å²) in [5.74, 6) is 0. The minimum absolute atomic E-state index is 0.157. The molecule has 0 bridgehead atoms. The summed E-state index contributed by atoms with van der Waals surface area (Å²) in [6, 6.07) is 8.35. The van der Waals surface area contributed by atoms with Crippen molar-refractivity contribution in [2.45, 2.75) is 38.7 Å². The van der Waals surface area contributed by atoms with Crippen molar-refractivity contribution < 1.29 is 5.11 Å². The maximum atomic E-state index is 10.0. The zero-order valence-electron chi connectivity index (χ0n) is 12.7. The normalized spacial score (nSPS) is 13.1. The molecule has 0 saturated carbocycles. The quantitative estimate of drug-likeness (QED) is 0.640. The molecule has 4 N–H and O–H groups in total. The molecule has 4 nitrogen and oxygen atoms in total. The Kier molecular flexibility index (Phi) is 4.85. The molecule has 21 heavy (non-hydrogen) atoms. The highest BCUT2D eigenvalue weighted by Crippen LogP contribution is 2.23. The standard InChI is InChI=1S/C16H23N3OS/c1-16(2,3)11-4-6-12(7-5-11)17-10-14(20)8-13-9-18-15(21)19-13/h4-7,9,14,17,20H,8,10H2,1-3H3,(H2,18,19,21). The largest absolute Gasteiger partial charge is 0.391 e. The molecule has 0 fully saturated rings. The highest BCUT2D eigenvalue weighted by atomic mass is 32.1. The Morgan fingerprint density at radius 2 is 1.90 bits per heavy atom. The van der Waals surface area contributed by atoms with Gasteiger partial charge in [-0.3, -0.25) is 0 Å². The Balaban J connectivity index is 1.86. The van der Waals surface area contributed by atoms with Gasteiger partial charge in [-0.15, -0.1) is 0 Å². The molecule has 0 aliphatic carbocycles. The van der Waals surface area contributed by atoms with Crippen LogP contribution in [-0.2, 0) is 11.8 Å². The molecule has 0 saturated heterocycles. The third kappa shape index (κ3) is 4.72. The maximum Gasteiger partial charge on any atom is 0.174 e. The van der Waals surface area contributed by atoms with Crippen LogP contribution in [0, 0.1) is 4.77 Å². The Bertz CT molecular complexity index is 622. The van der Waals surface area contributed by atoms with Crippen molar-refractivity contribution in [1.82, 2.24) is 9.97 Å². The van der Waals surface area contributed by atoms with Gasteiger partial charge >= 0.3 is 0 Å². The summed E-state index contributed by atoms with van der Waals surface area (Å²) in [4.78, 5) is 5.90. The van der Waals surface area contributed by atoms with Crippen LogP contribution in [0.2, 0.25) is 0 Å². The van der Waals surface area contributed by atoms with E-state index in [0.29, 0.717) is 17.7 Å². The van der Waals surface area contributed by atoms with Crippen LogP contribution in [0.4, 0.5) is 5.69 Å². The zero-order chi connectivity index (χ0) is 15.5. The number of hydrogen-bond donors (Lipinski definition) is 4. The van der Waals surface area contributed by atoms with Crippen LogP contribution in [0.5, 0.6) is 0 Å². The van der Waals surface area contributed by atoms with E-state index in [1.54, 1.807) is 6.20 Å². The lowest BCUT2D eigenvalue weighted by Gasteiger charge is -2.19. The third-order valence-corrected chi connectivity index (χ3v) is 3.62. The number of hydrogen-bond acceptors (Lipinski definition) is 3. The van der Waals surface area contributed by atoms with Crippen molar-refractivity contribution in [2.75, 3.05) is 11.9 Å². The predicted octanol–water partition coefficient (Wildman–Crippen LogP) is 3.39. The van der Waals surface area contributed by atoms with Crippen molar-refractivity contribution in [1.29, 1.82) is 0 Å². The van der Waals surface area contributed by atoms with Gasteiger partial charge in [-0.1, -0.05) is 32.9 Å². The minimum Gasteiger partial charge on any atom is -0.391 e. The Morgan fingerprint density at radius 3 is 2.43 bits per heavy atom. The fraction of sp³-hybridized carbons (Fsp3) is 0.438. The predicted molar refractivity (Wildman–Crippen MR) is 89.3 cm³/mol. The summed E-state index contributed by atoms with van der Waals surface area (Å²) in [6.45, 7) is 7.08. The number of H-pyrrole nitrogens is 2.